The van der Waals surface area contributed by atoms with Crippen LogP contribution in [0.1, 0.15) is 0 Å². The Bertz CT molecular complexity index is 208. The fourth-order valence-electron chi connectivity index (χ4n) is 3.05. The molecule has 0 fully saturated rings. The van der Waals surface area contributed by atoms with Gasteiger partial charge in [0.25, 0.3) is 0 Å². The molecule has 0 aliphatic heterocycles. The van der Waals surface area contributed by atoms with E-state index in [1.807, 2.05) is 0 Å². The van der Waals surface area contributed by atoms with Gasteiger partial charge in [-0.05, 0) is 0 Å². The molecule has 0 heterocycles. The minimum absolute atomic E-state index is 0.742. The van der Waals surface area contributed by atoms with Crippen molar-refractivity contribution in [1.29, 1.82) is 0 Å². The van der Waals surface area contributed by atoms with Gasteiger partial charge in [0, 0.05) is 80.0 Å². The van der Waals surface area contributed by atoms with Crippen LogP contribution in [0.25, 0.3) is 0 Å². The molecular formula is C14H34O6Si2. The number of rotatable bonds is 15. The summed E-state index contributed by atoms with van der Waals surface area (Å²) in [6.45, 7) is 0. The van der Waals surface area contributed by atoms with Crippen molar-refractivity contribution < 1.29 is 28.4 Å². The van der Waals surface area contributed by atoms with E-state index in [2.05, 4.69) is 0 Å². The van der Waals surface area contributed by atoms with E-state index in [4.69, 9.17) is 28.4 Å². The summed E-state index contributed by atoms with van der Waals surface area (Å²) in [6.07, 6.45) is 4.45. The van der Waals surface area contributed by atoms with Crippen LogP contribution in [0.2, 0.25) is 12.1 Å². The Hall–Kier alpha value is 0.194. The van der Waals surface area contributed by atoms with Gasteiger partial charge in [0.05, 0.1) is 0 Å². The monoisotopic (exact) mass is 354 g/mol. The van der Waals surface area contributed by atoms with Crippen LogP contribution in [0.5, 0.6) is 0 Å². The normalized spacial score (nSPS) is 12.8. The molecule has 0 saturated heterocycles. The zero-order valence-corrected chi connectivity index (χ0v) is 17.1. The quantitative estimate of drug-likeness (QED) is 0.409. The molecule has 0 spiro atoms. The van der Waals surface area contributed by atoms with Crippen molar-refractivity contribution in [3.63, 3.8) is 0 Å². The van der Waals surface area contributed by atoms with Gasteiger partial charge in [-0.2, -0.15) is 0 Å². The second-order valence-corrected chi connectivity index (χ2v) is 14.8. The highest BCUT2D eigenvalue weighted by Gasteiger charge is 2.40. The minimum atomic E-state index is -1.79. The van der Waals surface area contributed by atoms with E-state index >= 15 is 0 Å². The Morgan fingerprint density at radius 2 is 0.591 bits per heavy atom. The van der Waals surface area contributed by atoms with Crippen molar-refractivity contribution in [2.45, 2.75) is 12.1 Å². The van der Waals surface area contributed by atoms with E-state index in [0.29, 0.717) is 0 Å². The molecule has 6 nitrogen and oxygen atoms in total. The molecule has 22 heavy (non-hydrogen) atoms. The molecule has 8 heteroatoms. The van der Waals surface area contributed by atoms with Crippen LogP contribution in [0.4, 0.5) is 0 Å². The lowest BCUT2D eigenvalue weighted by Gasteiger charge is -2.35. The van der Waals surface area contributed by atoms with Gasteiger partial charge in [-0.1, -0.05) is 12.1 Å². The van der Waals surface area contributed by atoms with E-state index in [-0.39, 0.29) is 0 Å². The number of ether oxygens (including phenoxy) is 6. The van der Waals surface area contributed by atoms with Gasteiger partial charge in [-0.25, -0.2) is 0 Å². The molecule has 0 bridgehead atoms. The summed E-state index contributed by atoms with van der Waals surface area (Å²) in [5, 5.41) is 0. The number of hydrogen-bond donors (Lipinski definition) is 0. The topological polar surface area (TPSA) is 55.4 Å². The van der Waals surface area contributed by atoms with E-state index in [0.717, 1.165) is 49.5 Å². The molecule has 0 amide bonds. The van der Waals surface area contributed by atoms with Gasteiger partial charge in [-0.3, -0.25) is 0 Å². The molecule has 0 aromatic rings. The summed E-state index contributed by atoms with van der Waals surface area (Å²) >= 11 is 0. The summed E-state index contributed by atoms with van der Waals surface area (Å²) in [4.78, 5) is 0. The Morgan fingerprint density at radius 1 is 0.409 bits per heavy atom. The van der Waals surface area contributed by atoms with Crippen LogP contribution >= 0.6 is 0 Å². The average molecular weight is 355 g/mol. The smallest absolute Gasteiger partial charge is 0.140 e. The summed E-state index contributed by atoms with van der Waals surface area (Å²) in [6, 6.07) is 2.15. The van der Waals surface area contributed by atoms with Crippen LogP contribution in [-0.2, 0) is 28.4 Å². The molecule has 0 aliphatic rings. The zero-order chi connectivity index (χ0) is 16.9. The molecule has 0 N–H and O–H groups in total. The minimum Gasteiger partial charge on any atom is -0.388 e. The van der Waals surface area contributed by atoms with Gasteiger partial charge in [-0.15, -0.1) is 0 Å². The first-order valence-corrected chi connectivity index (χ1v) is 13.2. The molecule has 0 saturated carbocycles. The molecule has 0 unspecified atom stereocenters. The molecule has 0 radical (unpaired) electrons. The first-order chi connectivity index (χ1) is 10.6. The highest BCUT2D eigenvalue weighted by atomic mass is 28.3. The maximum Gasteiger partial charge on any atom is 0.140 e. The molecule has 0 aromatic heterocycles. The number of methoxy groups -OCH3 is 6. The van der Waals surface area contributed by atoms with Crippen molar-refractivity contribution >= 4 is 16.1 Å². The van der Waals surface area contributed by atoms with Crippen LogP contribution in [-0.4, -0.2) is 96.2 Å². The standard InChI is InChI=1S/C14H34O6Si2/c1-15-9-21(10-16-2,11-17-3)7-8-22(12-18-4,13-19-5)14-20-6/h7-14H2,1-6H3. The third kappa shape index (κ3) is 7.65. The fraction of sp³-hybridized carbons (Fsp3) is 1.00. The lowest BCUT2D eigenvalue weighted by Crippen LogP contribution is -2.55. The van der Waals surface area contributed by atoms with E-state index in [1.54, 1.807) is 42.7 Å². The SMILES string of the molecule is COC[Si](CC[Si](COC)(COC)COC)(COC)COC. The lowest BCUT2D eigenvalue weighted by molar-refractivity contribution is 0.185. The van der Waals surface area contributed by atoms with Crippen LogP contribution < -0.4 is 0 Å². The Morgan fingerprint density at radius 3 is 0.727 bits per heavy atom. The zero-order valence-electron chi connectivity index (χ0n) is 15.1. The summed E-state index contributed by atoms with van der Waals surface area (Å²) in [5.41, 5.74) is 0. The molecule has 0 aromatic carbocycles. The van der Waals surface area contributed by atoms with Crippen LogP contribution in [0.3, 0.4) is 0 Å². The fourth-order valence-corrected chi connectivity index (χ4v) is 12.3. The average Bonchev–Trinajstić information content (AvgIpc) is 2.47. The van der Waals surface area contributed by atoms with Crippen molar-refractivity contribution in [3.8, 4) is 0 Å². The lowest BCUT2D eigenvalue weighted by atomic mass is 10.9. The Labute approximate surface area is 137 Å². The van der Waals surface area contributed by atoms with Crippen molar-refractivity contribution in [2.75, 3.05) is 80.0 Å². The highest BCUT2D eigenvalue weighted by molar-refractivity contribution is 6.84. The van der Waals surface area contributed by atoms with E-state index in [1.165, 1.54) is 0 Å². The molecule has 134 valence electrons. The molecule has 0 aliphatic carbocycles. The van der Waals surface area contributed by atoms with Gasteiger partial charge in [0.1, 0.15) is 16.1 Å². The predicted molar refractivity (Wildman–Crippen MR) is 92.4 cm³/mol. The third-order valence-electron chi connectivity index (χ3n) is 3.89. The van der Waals surface area contributed by atoms with Crippen molar-refractivity contribution in [2.24, 2.45) is 0 Å². The van der Waals surface area contributed by atoms with Gasteiger partial charge < -0.3 is 28.4 Å². The summed E-state index contributed by atoms with van der Waals surface area (Å²) < 4.78 is 32.9. The Kier molecular flexibility index (Phi) is 12.7. The largest absolute Gasteiger partial charge is 0.388 e. The van der Waals surface area contributed by atoms with E-state index < -0.39 is 16.1 Å². The van der Waals surface area contributed by atoms with Crippen LogP contribution in [0, 0.1) is 0 Å². The van der Waals surface area contributed by atoms with Gasteiger partial charge in [0.2, 0.25) is 0 Å². The highest BCUT2D eigenvalue weighted by Crippen LogP contribution is 2.23. The van der Waals surface area contributed by atoms with Crippen molar-refractivity contribution in [3.05, 3.63) is 0 Å². The maximum atomic E-state index is 5.48. The summed E-state index contributed by atoms with van der Waals surface area (Å²) in [7, 11) is 6.90. The van der Waals surface area contributed by atoms with Gasteiger partial charge >= 0.3 is 0 Å². The first kappa shape index (κ1) is 22.2. The second kappa shape index (κ2) is 12.6. The molecular weight excluding hydrogens is 320 g/mol. The summed E-state index contributed by atoms with van der Waals surface area (Å²) in [5.74, 6) is 0. The van der Waals surface area contributed by atoms with Gasteiger partial charge in [0.15, 0.2) is 0 Å². The van der Waals surface area contributed by atoms with E-state index in [9.17, 15) is 0 Å². The maximum absolute atomic E-state index is 5.48. The third-order valence-corrected chi connectivity index (χ3v) is 12.4. The Balaban J connectivity index is 5.04. The molecule has 0 rings (SSSR count). The second-order valence-electron chi connectivity index (χ2n) is 6.10. The van der Waals surface area contributed by atoms with Crippen LogP contribution in [0.15, 0.2) is 0 Å². The predicted octanol–water partition coefficient (Wildman–Crippen LogP) is 0.998. The molecule has 0 atom stereocenters. The number of hydrogen-bond acceptors (Lipinski definition) is 6. The first-order valence-electron chi connectivity index (χ1n) is 7.51. The van der Waals surface area contributed by atoms with Crippen molar-refractivity contribution in [1.82, 2.24) is 0 Å².